The summed E-state index contributed by atoms with van der Waals surface area (Å²) in [6.07, 6.45) is 2.44. The Morgan fingerprint density at radius 1 is 0.524 bits per heavy atom. The average molecular weight is 614 g/mol. The second-order valence-electron chi connectivity index (χ2n) is 11.7. The smallest absolute Gasteiger partial charge is 0.0806 e. The fraction of sp³-hybridized carbons (Fsp3) is 0.135. The van der Waals surface area contributed by atoms with Crippen LogP contribution in [0.5, 0.6) is 0 Å². The van der Waals surface area contributed by atoms with Crippen LogP contribution in [-0.2, 0) is 5.54 Å². The Labute approximate surface area is 252 Å². The highest BCUT2D eigenvalue weighted by Gasteiger charge is 2.51. The molecule has 0 bridgehead atoms. The molecule has 4 aromatic carbocycles. The third-order valence-electron chi connectivity index (χ3n) is 9.43. The molecule has 1 nitrogen and oxygen atoms in total. The van der Waals surface area contributed by atoms with Crippen molar-refractivity contribution in [2.75, 3.05) is 11.4 Å². The van der Waals surface area contributed by atoms with Crippen LogP contribution < -0.4 is 4.90 Å². The van der Waals surface area contributed by atoms with E-state index >= 15 is 0 Å². The maximum absolute atomic E-state index is 2.92. The molecular formula is C37H31NP4. The van der Waals surface area contributed by atoms with Crippen LogP contribution in [0.1, 0.15) is 34.6 Å². The summed E-state index contributed by atoms with van der Waals surface area (Å²) in [5.41, 5.74) is 1.49. The molecule has 0 radical (unpaired) electrons. The molecule has 5 atom stereocenters. The van der Waals surface area contributed by atoms with Crippen molar-refractivity contribution in [3.63, 3.8) is 0 Å². The predicted octanol–water partition coefficient (Wildman–Crippen LogP) is 11.8. The van der Waals surface area contributed by atoms with Gasteiger partial charge in [0.05, 0.1) is 11.0 Å². The van der Waals surface area contributed by atoms with Crippen LogP contribution in [-0.4, -0.2) is 6.54 Å². The Morgan fingerprint density at radius 3 is 1.52 bits per heavy atom. The lowest BCUT2D eigenvalue weighted by molar-refractivity contribution is 0.408. The molecule has 0 saturated carbocycles. The van der Waals surface area contributed by atoms with Gasteiger partial charge in [0, 0.05) is 17.6 Å². The van der Waals surface area contributed by atoms with Gasteiger partial charge < -0.3 is 4.90 Å². The lowest BCUT2D eigenvalue weighted by Crippen LogP contribution is -2.45. The van der Waals surface area contributed by atoms with Crippen LogP contribution in [0.3, 0.4) is 0 Å². The van der Waals surface area contributed by atoms with Crippen molar-refractivity contribution in [2.24, 2.45) is 0 Å². The van der Waals surface area contributed by atoms with Crippen molar-refractivity contribution < 1.29 is 0 Å². The standard InChI is InChI=1S/C37H31NP4/c1-5-14-28-24(10-1)20-32(39-28)36(33-21-25-11-2-6-15-29(25)40-33)37(34-22-26-12-3-7-16-30(26)41-34)18-9-19-38(37)35-23-27-13-4-8-17-31(27)42-35/h1-8,10-17,20-23,36,39-42H,9,18-19H2. The average Bonchev–Trinajstić information content (AvgIpc) is 3.85. The highest BCUT2D eigenvalue weighted by atomic mass is 31.0. The molecule has 1 aliphatic heterocycles. The summed E-state index contributed by atoms with van der Waals surface area (Å²) in [5, 5.41) is 16.7. The third-order valence-corrected chi connectivity index (χ3v) is 15.3. The summed E-state index contributed by atoms with van der Waals surface area (Å²) >= 11 is 0. The van der Waals surface area contributed by atoms with Crippen LogP contribution in [0.2, 0.25) is 0 Å². The van der Waals surface area contributed by atoms with Gasteiger partial charge in [-0.2, -0.15) is 0 Å². The summed E-state index contributed by atoms with van der Waals surface area (Å²) in [4.78, 5) is 2.92. The number of nitrogens with zero attached hydrogens (tertiary/aromatic N) is 1. The number of benzene rings is 4. The number of anilines is 1. The van der Waals surface area contributed by atoms with Gasteiger partial charge in [0.15, 0.2) is 0 Å². The van der Waals surface area contributed by atoms with E-state index in [1.807, 2.05) is 0 Å². The molecule has 1 aliphatic rings. The molecule has 0 spiro atoms. The van der Waals surface area contributed by atoms with Gasteiger partial charge in [0.1, 0.15) is 0 Å². The van der Waals surface area contributed by atoms with E-state index in [2.05, 4.69) is 126 Å². The molecule has 0 N–H and O–H groups in total. The Bertz CT molecular complexity index is 2020. The van der Waals surface area contributed by atoms with E-state index in [1.54, 1.807) is 21.3 Å². The van der Waals surface area contributed by atoms with Gasteiger partial charge in [-0.15, -0.1) is 32.8 Å². The third kappa shape index (κ3) is 3.92. The molecular weight excluding hydrogens is 582 g/mol. The normalized spacial score (nSPS) is 18.9. The molecule has 8 aromatic rings. The van der Waals surface area contributed by atoms with Crippen molar-refractivity contribution in [1.82, 2.24) is 0 Å². The molecule has 0 amide bonds. The predicted molar refractivity (Wildman–Crippen MR) is 194 cm³/mol. The van der Waals surface area contributed by atoms with Crippen molar-refractivity contribution in [3.05, 3.63) is 137 Å². The minimum absolute atomic E-state index is 0.0555. The van der Waals surface area contributed by atoms with Crippen LogP contribution >= 0.6 is 32.8 Å². The maximum Gasteiger partial charge on any atom is 0.0806 e. The van der Waals surface area contributed by atoms with Gasteiger partial charge in [-0.25, -0.2) is 0 Å². The van der Waals surface area contributed by atoms with Gasteiger partial charge in [0.25, 0.3) is 0 Å². The molecule has 204 valence electrons. The minimum atomic E-state index is -0.0555. The van der Waals surface area contributed by atoms with E-state index in [4.69, 9.17) is 0 Å². The molecule has 42 heavy (non-hydrogen) atoms. The Morgan fingerprint density at radius 2 is 1.00 bits per heavy atom. The molecule has 4 aromatic heterocycles. The minimum Gasteiger partial charge on any atom is -0.357 e. The Hall–Kier alpha value is -3.16. The zero-order valence-electron chi connectivity index (χ0n) is 23.2. The van der Waals surface area contributed by atoms with Crippen molar-refractivity contribution >= 4 is 80.2 Å². The molecule has 9 rings (SSSR count). The SMILES string of the molecule is c1ccc2[pH]c(C(c3cc4ccccc4[pH]3)C3(c4cc5ccccc5[pH]4)CCCN3c3cc4ccccc4[pH]3)cc2c1. The van der Waals surface area contributed by atoms with Crippen LogP contribution in [0.25, 0.3) is 42.0 Å². The second-order valence-corrected chi connectivity index (χ2v) is 17.1. The zero-order valence-corrected chi connectivity index (χ0v) is 27.2. The van der Waals surface area contributed by atoms with Gasteiger partial charge in [-0.1, -0.05) is 97.1 Å². The first-order chi connectivity index (χ1) is 20.8. The molecule has 5 heteroatoms. The van der Waals surface area contributed by atoms with Gasteiger partial charge >= 0.3 is 0 Å². The van der Waals surface area contributed by atoms with E-state index < -0.39 is 0 Å². The lowest BCUT2D eigenvalue weighted by Gasteiger charge is -2.45. The summed E-state index contributed by atoms with van der Waals surface area (Å²) in [6, 6.07) is 46.7. The summed E-state index contributed by atoms with van der Waals surface area (Å²) in [6.45, 7) is 1.13. The molecule has 1 fully saturated rings. The first kappa shape index (κ1) is 25.3. The van der Waals surface area contributed by atoms with Gasteiger partial charge in [-0.3, -0.25) is 0 Å². The van der Waals surface area contributed by atoms with Crippen LogP contribution in [0.15, 0.2) is 121 Å². The molecule has 5 unspecified atom stereocenters. The highest BCUT2D eigenvalue weighted by Crippen LogP contribution is 2.61. The number of hydrogen-bond donors (Lipinski definition) is 0. The van der Waals surface area contributed by atoms with Gasteiger partial charge in [0.2, 0.25) is 0 Å². The fourth-order valence-corrected chi connectivity index (χ4v) is 13.9. The monoisotopic (exact) mass is 613 g/mol. The zero-order chi connectivity index (χ0) is 27.7. The summed E-state index contributed by atoms with van der Waals surface area (Å²) < 4.78 is 0. The Kier molecular flexibility index (Phi) is 6.01. The number of hydrogen-bond acceptors (Lipinski definition) is 1. The molecule has 5 heterocycles. The van der Waals surface area contributed by atoms with Crippen molar-refractivity contribution in [2.45, 2.75) is 24.3 Å². The van der Waals surface area contributed by atoms with E-state index in [1.165, 1.54) is 54.9 Å². The second kappa shape index (κ2) is 9.95. The molecule has 0 aliphatic carbocycles. The van der Waals surface area contributed by atoms with Crippen molar-refractivity contribution in [1.29, 1.82) is 0 Å². The highest BCUT2D eigenvalue weighted by molar-refractivity contribution is 7.41. The number of fused-ring (bicyclic) bond motifs is 4. The van der Waals surface area contributed by atoms with E-state index in [0.717, 1.165) is 39.3 Å². The first-order valence-corrected chi connectivity index (χ1v) is 18.9. The first-order valence-electron chi connectivity index (χ1n) is 14.9. The molecule has 1 saturated heterocycles. The van der Waals surface area contributed by atoms with Gasteiger partial charge in [-0.05, 0) is 89.9 Å². The van der Waals surface area contributed by atoms with E-state index in [-0.39, 0.29) is 5.54 Å². The van der Waals surface area contributed by atoms with Crippen molar-refractivity contribution in [3.8, 4) is 0 Å². The largest absolute Gasteiger partial charge is 0.357 e. The quantitative estimate of drug-likeness (QED) is 0.187. The van der Waals surface area contributed by atoms with E-state index in [0.29, 0.717) is 5.92 Å². The summed E-state index contributed by atoms with van der Waals surface area (Å²) in [7, 11) is 2.91. The maximum atomic E-state index is 2.92. The number of rotatable bonds is 5. The lowest BCUT2D eigenvalue weighted by atomic mass is 9.77. The van der Waals surface area contributed by atoms with Crippen LogP contribution in [0.4, 0.5) is 5.42 Å². The summed E-state index contributed by atoms with van der Waals surface area (Å²) in [5.74, 6) is 0.360. The van der Waals surface area contributed by atoms with E-state index in [9.17, 15) is 0 Å². The Balaban J connectivity index is 1.36. The topological polar surface area (TPSA) is 3.24 Å². The fourth-order valence-electron chi connectivity index (χ4n) is 7.61. The van der Waals surface area contributed by atoms with Crippen LogP contribution in [0, 0.1) is 0 Å².